The molecule has 17 heavy (non-hydrogen) atoms. The van der Waals surface area contributed by atoms with Crippen LogP contribution in [0, 0.1) is 0 Å². The topological polar surface area (TPSA) is 18.5 Å². The van der Waals surface area contributed by atoms with E-state index in [0.717, 1.165) is 19.6 Å². The van der Waals surface area contributed by atoms with Crippen molar-refractivity contribution < 1.29 is 0 Å². The Kier molecular flexibility index (Phi) is 5.45. The van der Waals surface area contributed by atoms with Crippen molar-refractivity contribution in [1.29, 1.82) is 0 Å². The SMILES string of the molecule is CN(CCCN1CCNCC1)Cc1cccs1. The number of thiophene rings is 1. The van der Waals surface area contributed by atoms with Crippen molar-refractivity contribution >= 4 is 11.3 Å². The maximum absolute atomic E-state index is 3.39. The molecular weight excluding hydrogens is 230 g/mol. The minimum absolute atomic E-state index is 1.10. The lowest BCUT2D eigenvalue weighted by Gasteiger charge is -2.27. The Hall–Kier alpha value is -0.420. The lowest BCUT2D eigenvalue weighted by atomic mass is 10.3. The molecule has 1 N–H and O–H groups in total. The second kappa shape index (κ2) is 7.11. The van der Waals surface area contributed by atoms with Gasteiger partial charge in [-0.3, -0.25) is 0 Å². The lowest BCUT2D eigenvalue weighted by molar-refractivity contribution is 0.220. The van der Waals surface area contributed by atoms with Gasteiger partial charge >= 0.3 is 0 Å². The van der Waals surface area contributed by atoms with Crippen LogP contribution < -0.4 is 5.32 Å². The quantitative estimate of drug-likeness (QED) is 0.828. The molecular formula is C13H23N3S. The molecule has 0 atom stereocenters. The van der Waals surface area contributed by atoms with E-state index in [9.17, 15) is 0 Å². The van der Waals surface area contributed by atoms with Crippen molar-refractivity contribution in [2.45, 2.75) is 13.0 Å². The third kappa shape index (κ3) is 4.76. The Morgan fingerprint density at radius 1 is 1.41 bits per heavy atom. The minimum atomic E-state index is 1.10. The van der Waals surface area contributed by atoms with Gasteiger partial charge in [0.15, 0.2) is 0 Å². The molecule has 0 spiro atoms. The van der Waals surface area contributed by atoms with Crippen molar-refractivity contribution in [3.63, 3.8) is 0 Å². The molecule has 0 unspecified atom stereocenters. The van der Waals surface area contributed by atoms with Gasteiger partial charge in [-0.25, -0.2) is 0 Å². The second-order valence-electron chi connectivity index (χ2n) is 4.76. The molecule has 1 saturated heterocycles. The first-order valence-electron chi connectivity index (χ1n) is 6.48. The molecule has 1 aromatic heterocycles. The fourth-order valence-corrected chi connectivity index (χ4v) is 3.03. The first-order chi connectivity index (χ1) is 8.34. The van der Waals surface area contributed by atoms with Gasteiger partial charge in [-0.05, 0) is 38.0 Å². The van der Waals surface area contributed by atoms with Crippen molar-refractivity contribution in [1.82, 2.24) is 15.1 Å². The summed E-state index contributed by atoms with van der Waals surface area (Å²) in [5.74, 6) is 0. The van der Waals surface area contributed by atoms with Crippen LogP contribution in [-0.4, -0.2) is 56.1 Å². The Labute approximate surface area is 108 Å². The predicted molar refractivity (Wildman–Crippen MR) is 74.6 cm³/mol. The molecule has 96 valence electrons. The van der Waals surface area contributed by atoms with Crippen LogP contribution in [0.4, 0.5) is 0 Å². The van der Waals surface area contributed by atoms with Gasteiger partial charge in [0.05, 0.1) is 0 Å². The number of rotatable bonds is 6. The highest BCUT2D eigenvalue weighted by Crippen LogP contribution is 2.10. The van der Waals surface area contributed by atoms with Crippen LogP contribution in [0.3, 0.4) is 0 Å². The largest absolute Gasteiger partial charge is 0.314 e. The molecule has 0 aromatic carbocycles. The highest BCUT2D eigenvalue weighted by Gasteiger charge is 2.09. The van der Waals surface area contributed by atoms with E-state index in [1.165, 1.54) is 37.5 Å². The third-order valence-electron chi connectivity index (χ3n) is 3.23. The van der Waals surface area contributed by atoms with Crippen LogP contribution in [0.25, 0.3) is 0 Å². The van der Waals surface area contributed by atoms with E-state index in [1.807, 2.05) is 11.3 Å². The average Bonchev–Trinajstić information content (AvgIpc) is 2.83. The summed E-state index contributed by atoms with van der Waals surface area (Å²) in [5, 5.41) is 5.55. The van der Waals surface area contributed by atoms with E-state index >= 15 is 0 Å². The zero-order chi connectivity index (χ0) is 11.9. The zero-order valence-electron chi connectivity index (χ0n) is 10.7. The summed E-state index contributed by atoms with van der Waals surface area (Å²) in [6.45, 7) is 8.29. The van der Waals surface area contributed by atoms with E-state index in [1.54, 1.807) is 0 Å². The molecule has 0 bridgehead atoms. The first-order valence-corrected chi connectivity index (χ1v) is 7.36. The molecule has 0 aliphatic carbocycles. The van der Waals surface area contributed by atoms with Crippen molar-refractivity contribution in [2.75, 3.05) is 46.3 Å². The molecule has 0 saturated carbocycles. The van der Waals surface area contributed by atoms with Gasteiger partial charge in [-0.15, -0.1) is 11.3 Å². The fourth-order valence-electron chi connectivity index (χ4n) is 2.25. The average molecular weight is 253 g/mol. The molecule has 1 aliphatic heterocycles. The fraction of sp³-hybridized carbons (Fsp3) is 0.692. The first kappa shape index (κ1) is 13.0. The van der Waals surface area contributed by atoms with Crippen molar-refractivity contribution in [2.24, 2.45) is 0 Å². The third-order valence-corrected chi connectivity index (χ3v) is 4.09. The summed E-state index contributed by atoms with van der Waals surface area (Å²) in [5.41, 5.74) is 0. The molecule has 2 rings (SSSR count). The lowest BCUT2D eigenvalue weighted by Crippen LogP contribution is -2.44. The van der Waals surface area contributed by atoms with Crippen molar-refractivity contribution in [3.8, 4) is 0 Å². The number of hydrogen-bond acceptors (Lipinski definition) is 4. The highest BCUT2D eigenvalue weighted by atomic mass is 32.1. The Morgan fingerprint density at radius 3 is 2.94 bits per heavy atom. The van der Waals surface area contributed by atoms with Gasteiger partial charge in [0.25, 0.3) is 0 Å². The summed E-state index contributed by atoms with van der Waals surface area (Å²) < 4.78 is 0. The zero-order valence-corrected chi connectivity index (χ0v) is 11.5. The van der Waals surface area contributed by atoms with E-state index in [2.05, 4.69) is 39.7 Å². The van der Waals surface area contributed by atoms with Crippen LogP contribution in [0.1, 0.15) is 11.3 Å². The smallest absolute Gasteiger partial charge is 0.0324 e. The van der Waals surface area contributed by atoms with Crippen LogP contribution in [0.2, 0.25) is 0 Å². The molecule has 1 aromatic rings. The molecule has 0 radical (unpaired) electrons. The van der Waals surface area contributed by atoms with E-state index in [0.29, 0.717) is 0 Å². The Balaban J connectivity index is 1.58. The van der Waals surface area contributed by atoms with Gasteiger partial charge in [0.1, 0.15) is 0 Å². The second-order valence-corrected chi connectivity index (χ2v) is 5.79. The van der Waals surface area contributed by atoms with Gasteiger partial charge < -0.3 is 15.1 Å². The van der Waals surface area contributed by atoms with E-state index in [-0.39, 0.29) is 0 Å². The maximum Gasteiger partial charge on any atom is 0.0324 e. The molecule has 1 fully saturated rings. The van der Waals surface area contributed by atoms with Crippen LogP contribution in [0.5, 0.6) is 0 Å². The molecule has 2 heterocycles. The highest BCUT2D eigenvalue weighted by molar-refractivity contribution is 7.09. The molecule has 3 nitrogen and oxygen atoms in total. The van der Waals surface area contributed by atoms with Gasteiger partial charge in [0, 0.05) is 37.6 Å². The van der Waals surface area contributed by atoms with Gasteiger partial charge in [-0.1, -0.05) is 6.07 Å². The summed E-state index contributed by atoms with van der Waals surface area (Å²) in [6.07, 6.45) is 1.28. The minimum Gasteiger partial charge on any atom is -0.314 e. The number of piperazine rings is 1. The number of nitrogens with zero attached hydrogens (tertiary/aromatic N) is 2. The maximum atomic E-state index is 3.39. The Bertz CT molecular complexity index is 294. The summed E-state index contributed by atoms with van der Waals surface area (Å²) in [4.78, 5) is 6.46. The monoisotopic (exact) mass is 253 g/mol. The molecule has 1 aliphatic rings. The van der Waals surface area contributed by atoms with Crippen molar-refractivity contribution in [3.05, 3.63) is 22.4 Å². The van der Waals surface area contributed by atoms with Gasteiger partial charge in [-0.2, -0.15) is 0 Å². The standard InChI is InChI=1S/C13H23N3S/c1-15(12-13-4-2-11-17-13)7-3-8-16-9-5-14-6-10-16/h2,4,11,14H,3,5-10,12H2,1H3. The van der Waals surface area contributed by atoms with Crippen LogP contribution in [-0.2, 0) is 6.54 Å². The Morgan fingerprint density at radius 2 is 2.24 bits per heavy atom. The van der Waals surface area contributed by atoms with Crippen LogP contribution in [0.15, 0.2) is 17.5 Å². The number of nitrogens with one attached hydrogen (secondary N) is 1. The predicted octanol–water partition coefficient (Wildman–Crippen LogP) is 1.48. The molecule has 4 heteroatoms. The summed E-state index contributed by atoms with van der Waals surface area (Å²) in [7, 11) is 2.22. The molecule has 0 amide bonds. The summed E-state index contributed by atoms with van der Waals surface area (Å²) >= 11 is 1.85. The van der Waals surface area contributed by atoms with Gasteiger partial charge in [0.2, 0.25) is 0 Å². The van der Waals surface area contributed by atoms with Crippen LogP contribution >= 0.6 is 11.3 Å². The normalized spacial score (nSPS) is 17.8. The van der Waals surface area contributed by atoms with E-state index < -0.39 is 0 Å². The number of hydrogen-bond donors (Lipinski definition) is 1. The summed E-state index contributed by atoms with van der Waals surface area (Å²) in [6, 6.07) is 4.35. The van der Waals surface area contributed by atoms with E-state index in [4.69, 9.17) is 0 Å².